The Kier molecular flexibility index (Phi) is 4.96. The average molecular weight is 302 g/mol. The zero-order valence-corrected chi connectivity index (χ0v) is 11.5. The van der Waals surface area contributed by atoms with Crippen molar-refractivity contribution in [3.05, 3.63) is 28.7 Å². The van der Waals surface area contributed by atoms with E-state index in [4.69, 9.17) is 9.84 Å². The van der Waals surface area contributed by atoms with Crippen molar-refractivity contribution < 1.29 is 14.6 Å². The zero-order chi connectivity index (χ0) is 12.9. The maximum absolute atomic E-state index is 10.8. The molecule has 94 valence electrons. The summed E-state index contributed by atoms with van der Waals surface area (Å²) in [5.41, 5.74) is -0.930. The monoisotopic (exact) mass is 301 g/mol. The Balaban J connectivity index is 2.32. The molecule has 0 saturated heterocycles. The van der Waals surface area contributed by atoms with E-state index in [0.29, 0.717) is 13.2 Å². The maximum Gasteiger partial charge on any atom is 0.323 e. The fourth-order valence-electron chi connectivity index (χ4n) is 1.16. The average Bonchev–Trinajstić information content (AvgIpc) is 2.24. The van der Waals surface area contributed by atoms with E-state index in [1.807, 2.05) is 24.3 Å². The summed E-state index contributed by atoms with van der Waals surface area (Å²) in [5, 5.41) is 11.8. The van der Waals surface area contributed by atoms with Crippen LogP contribution in [0.3, 0.4) is 0 Å². The molecule has 1 aromatic rings. The summed E-state index contributed by atoms with van der Waals surface area (Å²) in [7, 11) is 0. The highest BCUT2D eigenvalue weighted by atomic mass is 79.9. The van der Waals surface area contributed by atoms with E-state index in [0.717, 1.165) is 10.2 Å². The van der Waals surface area contributed by atoms with Gasteiger partial charge in [0.2, 0.25) is 0 Å². The lowest BCUT2D eigenvalue weighted by Crippen LogP contribution is -2.48. The van der Waals surface area contributed by atoms with Crippen LogP contribution >= 0.6 is 15.9 Å². The first kappa shape index (κ1) is 14.0. The second-order valence-electron chi connectivity index (χ2n) is 4.16. The molecular weight excluding hydrogens is 286 g/mol. The first-order chi connectivity index (χ1) is 7.92. The van der Waals surface area contributed by atoms with Crippen LogP contribution in [0.1, 0.15) is 13.8 Å². The largest absolute Gasteiger partial charge is 0.492 e. The van der Waals surface area contributed by atoms with Crippen LogP contribution in [-0.4, -0.2) is 29.8 Å². The number of carbonyl (C=O) groups is 1. The quantitative estimate of drug-likeness (QED) is 0.792. The van der Waals surface area contributed by atoms with Crippen LogP contribution in [-0.2, 0) is 4.79 Å². The predicted octanol–water partition coefficient (Wildman–Crippen LogP) is 2.28. The van der Waals surface area contributed by atoms with Crippen molar-refractivity contribution in [2.24, 2.45) is 0 Å². The molecule has 0 aliphatic carbocycles. The summed E-state index contributed by atoms with van der Waals surface area (Å²) in [5.74, 6) is -0.116. The summed E-state index contributed by atoms with van der Waals surface area (Å²) in [6.07, 6.45) is 0. The second-order valence-corrected chi connectivity index (χ2v) is 5.08. The number of hydrogen-bond donors (Lipinski definition) is 2. The molecule has 0 bridgehead atoms. The van der Waals surface area contributed by atoms with Crippen LogP contribution in [0.4, 0.5) is 0 Å². The molecule has 17 heavy (non-hydrogen) atoms. The molecule has 4 nitrogen and oxygen atoms in total. The molecule has 0 heterocycles. The smallest absolute Gasteiger partial charge is 0.323 e. The molecule has 0 aliphatic heterocycles. The van der Waals surface area contributed by atoms with Crippen LogP contribution < -0.4 is 10.1 Å². The summed E-state index contributed by atoms with van der Waals surface area (Å²) >= 11 is 3.35. The van der Waals surface area contributed by atoms with Crippen molar-refractivity contribution in [1.82, 2.24) is 5.32 Å². The highest BCUT2D eigenvalue weighted by Crippen LogP contribution is 2.17. The van der Waals surface area contributed by atoms with Gasteiger partial charge in [-0.2, -0.15) is 0 Å². The molecule has 5 heteroatoms. The van der Waals surface area contributed by atoms with Crippen LogP contribution in [0.25, 0.3) is 0 Å². The van der Waals surface area contributed by atoms with Gasteiger partial charge in [-0.15, -0.1) is 0 Å². The van der Waals surface area contributed by atoms with Crippen molar-refractivity contribution in [2.75, 3.05) is 13.2 Å². The number of aliphatic carboxylic acids is 1. The number of rotatable bonds is 6. The molecule has 0 atom stereocenters. The molecule has 1 rings (SSSR count). The predicted molar refractivity (Wildman–Crippen MR) is 69.4 cm³/mol. The van der Waals surface area contributed by atoms with E-state index in [-0.39, 0.29) is 0 Å². The minimum Gasteiger partial charge on any atom is -0.492 e. The third-order valence-corrected chi connectivity index (χ3v) is 2.76. The first-order valence-electron chi connectivity index (χ1n) is 5.28. The Hall–Kier alpha value is -1.07. The molecular formula is C12H16BrNO3. The van der Waals surface area contributed by atoms with Crippen molar-refractivity contribution in [1.29, 1.82) is 0 Å². The minimum absolute atomic E-state index is 0.424. The molecule has 0 amide bonds. The van der Waals surface area contributed by atoms with E-state index >= 15 is 0 Å². The molecule has 2 N–H and O–H groups in total. The SMILES string of the molecule is CC(C)(NCCOc1cccc(Br)c1)C(=O)O. The van der Waals surface area contributed by atoms with Crippen molar-refractivity contribution >= 4 is 21.9 Å². The fourth-order valence-corrected chi connectivity index (χ4v) is 1.54. The highest BCUT2D eigenvalue weighted by Gasteiger charge is 2.25. The van der Waals surface area contributed by atoms with Gasteiger partial charge < -0.3 is 9.84 Å². The standard InChI is InChI=1S/C12H16BrNO3/c1-12(2,11(15)16)14-6-7-17-10-5-3-4-9(13)8-10/h3-5,8,14H,6-7H2,1-2H3,(H,15,16). The van der Waals surface area contributed by atoms with Crippen molar-refractivity contribution in [2.45, 2.75) is 19.4 Å². The van der Waals surface area contributed by atoms with Gasteiger partial charge in [0, 0.05) is 11.0 Å². The van der Waals surface area contributed by atoms with Gasteiger partial charge >= 0.3 is 5.97 Å². The lowest BCUT2D eigenvalue weighted by atomic mass is 10.1. The number of ether oxygens (including phenoxy) is 1. The molecule has 0 fully saturated rings. The van der Waals surface area contributed by atoms with E-state index in [1.165, 1.54) is 0 Å². The summed E-state index contributed by atoms with van der Waals surface area (Å²) < 4.78 is 6.43. The highest BCUT2D eigenvalue weighted by molar-refractivity contribution is 9.10. The second kappa shape index (κ2) is 6.02. The molecule has 0 aromatic heterocycles. The molecule has 1 aromatic carbocycles. The molecule has 0 spiro atoms. The van der Waals surface area contributed by atoms with Crippen LogP contribution in [0.15, 0.2) is 28.7 Å². The van der Waals surface area contributed by atoms with Gasteiger partial charge in [-0.05, 0) is 32.0 Å². The van der Waals surface area contributed by atoms with Crippen LogP contribution in [0, 0.1) is 0 Å². The van der Waals surface area contributed by atoms with Gasteiger partial charge in [0.25, 0.3) is 0 Å². The summed E-state index contributed by atoms with van der Waals surface area (Å²) in [6.45, 7) is 4.14. The number of carboxylic acids is 1. The van der Waals surface area contributed by atoms with Crippen molar-refractivity contribution in [3.63, 3.8) is 0 Å². The van der Waals surface area contributed by atoms with Gasteiger partial charge in [-0.3, -0.25) is 10.1 Å². The molecule has 0 saturated carbocycles. The van der Waals surface area contributed by atoms with Gasteiger partial charge in [-0.1, -0.05) is 22.0 Å². The van der Waals surface area contributed by atoms with E-state index < -0.39 is 11.5 Å². The van der Waals surface area contributed by atoms with E-state index in [2.05, 4.69) is 21.2 Å². The first-order valence-corrected chi connectivity index (χ1v) is 6.08. The Labute approximate surface area is 109 Å². The zero-order valence-electron chi connectivity index (χ0n) is 9.87. The lowest BCUT2D eigenvalue weighted by molar-refractivity contribution is -0.143. The molecule has 0 radical (unpaired) electrons. The molecule has 0 aliphatic rings. The van der Waals surface area contributed by atoms with E-state index in [1.54, 1.807) is 13.8 Å². The number of halogens is 1. The topological polar surface area (TPSA) is 58.6 Å². The Morgan fingerprint density at radius 1 is 1.53 bits per heavy atom. The van der Waals surface area contributed by atoms with Gasteiger partial charge in [0.1, 0.15) is 17.9 Å². The van der Waals surface area contributed by atoms with Gasteiger partial charge in [-0.25, -0.2) is 0 Å². The third-order valence-electron chi connectivity index (χ3n) is 2.27. The lowest BCUT2D eigenvalue weighted by Gasteiger charge is -2.20. The number of carboxylic acid groups (broad SMARTS) is 1. The van der Waals surface area contributed by atoms with Gasteiger partial charge in [0.05, 0.1) is 0 Å². The van der Waals surface area contributed by atoms with E-state index in [9.17, 15) is 4.79 Å². The number of nitrogens with one attached hydrogen (secondary N) is 1. The van der Waals surface area contributed by atoms with Crippen LogP contribution in [0.2, 0.25) is 0 Å². The summed E-state index contributed by atoms with van der Waals surface area (Å²) in [6, 6.07) is 7.52. The Morgan fingerprint density at radius 3 is 2.82 bits per heavy atom. The third kappa shape index (κ3) is 4.75. The normalized spacial score (nSPS) is 11.2. The maximum atomic E-state index is 10.8. The van der Waals surface area contributed by atoms with Crippen LogP contribution in [0.5, 0.6) is 5.75 Å². The van der Waals surface area contributed by atoms with Crippen molar-refractivity contribution in [3.8, 4) is 5.75 Å². The minimum atomic E-state index is -0.930. The summed E-state index contributed by atoms with van der Waals surface area (Å²) in [4.78, 5) is 10.8. The number of benzene rings is 1. The Morgan fingerprint density at radius 2 is 2.24 bits per heavy atom. The molecule has 0 unspecified atom stereocenters. The number of hydrogen-bond acceptors (Lipinski definition) is 3. The van der Waals surface area contributed by atoms with Gasteiger partial charge in [0.15, 0.2) is 0 Å². The fraction of sp³-hybridized carbons (Fsp3) is 0.417. The Bertz CT molecular complexity index is 393.